The first kappa shape index (κ1) is 16.2. The van der Waals surface area contributed by atoms with Gasteiger partial charge in [-0.15, -0.1) is 0 Å². The molecular weight excluding hydrogens is 299 g/mol. The Morgan fingerprint density at radius 1 is 1.04 bits per heavy atom. The van der Waals surface area contributed by atoms with Gasteiger partial charge in [0.2, 0.25) is 0 Å². The standard InChI is InChI=1S/C21H21FN2/c1-3-5-15-7-8-16(13-20(15)23)18-6-4-11-24-21(18)17-9-10-19(22)14(2)12-17/h4,6-13H,3,5,23H2,1-2H3. The number of anilines is 1. The largest absolute Gasteiger partial charge is 0.398 e. The molecule has 0 radical (unpaired) electrons. The minimum atomic E-state index is -0.204. The van der Waals surface area contributed by atoms with Gasteiger partial charge in [-0.1, -0.05) is 31.5 Å². The zero-order chi connectivity index (χ0) is 17.1. The first-order valence-corrected chi connectivity index (χ1v) is 8.20. The van der Waals surface area contributed by atoms with Gasteiger partial charge >= 0.3 is 0 Å². The monoisotopic (exact) mass is 320 g/mol. The van der Waals surface area contributed by atoms with E-state index in [9.17, 15) is 4.39 Å². The van der Waals surface area contributed by atoms with Crippen LogP contribution in [0.1, 0.15) is 24.5 Å². The quantitative estimate of drug-likeness (QED) is 0.654. The minimum Gasteiger partial charge on any atom is -0.398 e. The van der Waals surface area contributed by atoms with Crippen LogP contribution in [0.3, 0.4) is 0 Å². The summed E-state index contributed by atoms with van der Waals surface area (Å²) in [5, 5.41) is 0. The number of benzene rings is 2. The molecule has 0 unspecified atom stereocenters. The molecule has 3 rings (SSSR count). The summed E-state index contributed by atoms with van der Waals surface area (Å²) in [6.45, 7) is 3.91. The second-order valence-corrected chi connectivity index (χ2v) is 6.03. The summed E-state index contributed by atoms with van der Waals surface area (Å²) in [5.41, 5.74) is 12.6. The zero-order valence-corrected chi connectivity index (χ0v) is 14.0. The molecule has 0 saturated carbocycles. The van der Waals surface area contributed by atoms with Crippen LogP contribution in [0.2, 0.25) is 0 Å². The van der Waals surface area contributed by atoms with Crippen molar-refractivity contribution in [3.8, 4) is 22.4 Å². The third kappa shape index (κ3) is 3.16. The zero-order valence-electron chi connectivity index (χ0n) is 14.0. The molecule has 0 fully saturated rings. The number of aryl methyl sites for hydroxylation is 2. The molecule has 0 aliphatic carbocycles. The van der Waals surface area contributed by atoms with Crippen molar-refractivity contribution in [3.05, 3.63) is 71.7 Å². The highest BCUT2D eigenvalue weighted by Gasteiger charge is 2.11. The summed E-state index contributed by atoms with van der Waals surface area (Å²) in [5.74, 6) is -0.204. The summed E-state index contributed by atoms with van der Waals surface area (Å²) >= 11 is 0. The molecule has 0 saturated heterocycles. The molecule has 0 bridgehead atoms. The van der Waals surface area contributed by atoms with E-state index in [0.29, 0.717) is 5.56 Å². The van der Waals surface area contributed by atoms with Gasteiger partial charge in [-0.3, -0.25) is 4.98 Å². The number of nitrogen functional groups attached to an aromatic ring is 1. The Labute approximate surface area is 142 Å². The van der Waals surface area contributed by atoms with Crippen molar-refractivity contribution in [2.45, 2.75) is 26.7 Å². The van der Waals surface area contributed by atoms with Gasteiger partial charge in [-0.05, 0) is 60.4 Å². The Kier molecular flexibility index (Phi) is 4.61. The first-order valence-electron chi connectivity index (χ1n) is 8.20. The van der Waals surface area contributed by atoms with Crippen LogP contribution in [0.25, 0.3) is 22.4 Å². The van der Waals surface area contributed by atoms with E-state index in [1.165, 1.54) is 11.6 Å². The van der Waals surface area contributed by atoms with Crippen LogP contribution in [0.15, 0.2) is 54.7 Å². The Balaban J connectivity index is 2.09. The summed E-state index contributed by atoms with van der Waals surface area (Å²) in [6, 6.07) is 15.2. The van der Waals surface area contributed by atoms with E-state index in [4.69, 9.17) is 5.73 Å². The van der Waals surface area contributed by atoms with E-state index in [1.807, 2.05) is 24.3 Å². The fourth-order valence-electron chi connectivity index (χ4n) is 2.92. The smallest absolute Gasteiger partial charge is 0.126 e. The number of hydrogen-bond donors (Lipinski definition) is 1. The Hall–Kier alpha value is -2.68. The second kappa shape index (κ2) is 6.83. The molecule has 0 spiro atoms. The summed E-state index contributed by atoms with van der Waals surface area (Å²) in [4.78, 5) is 4.52. The van der Waals surface area contributed by atoms with Gasteiger partial charge in [-0.2, -0.15) is 0 Å². The fraction of sp³-hybridized carbons (Fsp3) is 0.190. The van der Waals surface area contributed by atoms with Crippen molar-refractivity contribution in [3.63, 3.8) is 0 Å². The van der Waals surface area contributed by atoms with E-state index in [-0.39, 0.29) is 5.82 Å². The average Bonchev–Trinajstić information content (AvgIpc) is 2.59. The van der Waals surface area contributed by atoms with Crippen LogP contribution in [0, 0.1) is 12.7 Å². The molecule has 122 valence electrons. The van der Waals surface area contributed by atoms with Crippen LogP contribution < -0.4 is 5.73 Å². The van der Waals surface area contributed by atoms with Crippen LogP contribution >= 0.6 is 0 Å². The lowest BCUT2D eigenvalue weighted by molar-refractivity contribution is 0.619. The van der Waals surface area contributed by atoms with Crippen molar-refractivity contribution >= 4 is 5.69 Å². The van der Waals surface area contributed by atoms with Crippen molar-refractivity contribution in [1.82, 2.24) is 4.98 Å². The summed E-state index contributed by atoms with van der Waals surface area (Å²) < 4.78 is 13.6. The van der Waals surface area contributed by atoms with E-state index in [1.54, 1.807) is 19.2 Å². The van der Waals surface area contributed by atoms with Gasteiger partial charge in [-0.25, -0.2) is 4.39 Å². The Morgan fingerprint density at radius 2 is 1.83 bits per heavy atom. The van der Waals surface area contributed by atoms with E-state index < -0.39 is 0 Å². The van der Waals surface area contributed by atoms with Crippen molar-refractivity contribution in [2.24, 2.45) is 0 Å². The van der Waals surface area contributed by atoms with Gasteiger partial charge in [0.25, 0.3) is 0 Å². The molecule has 2 nitrogen and oxygen atoms in total. The van der Waals surface area contributed by atoms with Gasteiger partial charge in [0, 0.05) is 23.0 Å². The molecule has 2 N–H and O–H groups in total. The van der Waals surface area contributed by atoms with E-state index in [2.05, 4.69) is 24.0 Å². The van der Waals surface area contributed by atoms with Gasteiger partial charge in [0.1, 0.15) is 5.82 Å². The maximum absolute atomic E-state index is 13.6. The number of hydrogen-bond acceptors (Lipinski definition) is 2. The van der Waals surface area contributed by atoms with Gasteiger partial charge < -0.3 is 5.73 Å². The second-order valence-electron chi connectivity index (χ2n) is 6.03. The highest BCUT2D eigenvalue weighted by atomic mass is 19.1. The molecule has 2 aromatic carbocycles. The van der Waals surface area contributed by atoms with Crippen LogP contribution in [0.4, 0.5) is 10.1 Å². The van der Waals surface area contributed by atoms with Crippen LogP contribution in [-0.2, 0) is 6.42 Å². The molecule has 1 heterocycles. The Morgan fingerprint density at radius 3 is 2.54 bits per heavy atom. The number of nitrogens with zero attached hydrogens (tertiary/aromatic N) is 1. The number of aromatic nitrogens is 1. The number of halogens is 1. The number of pyridine rings is 1. The third-order valence-electron chi connectivity index (χ3n) is 4.22. The van der Waals surface area contributed by atoms with Crippen molar-refractivity contribution in [2.75, 3.05) is 5.73 Å². The Bertz CT molecular complexity index is 871. The van der Waals surface area contributed by atoms with Gasteiger partial charge in [0.05, 0.1) is 5.69 Å². The molecular formula is C21H21FN2. The number of nitrogens with two attached hydrogens (primary N) is 1. The van der Waals surface area contributed by atoms with Crippen molar-refractivity contribution in [1.29, 1.82) is 0 Å². The molecule has 0 aliphatic rings. The lowest BCUT2D eigenvalue weighted by Gasteiger charge is -2.12. The fourth-order valence-corrected chi connectivity index (χ4v) is 2.92. The van der Waals surface area contributed by atoms with Gasteiger partial charge in [0.15, 0.2) is 0 Å². The predicted molar refractivity (Wildman–Crippen MR) is 98.2 cm³/mol. The van der Waals surface area contributed by atoms with Crippen molar-refractivity contribution < 1.29 is 4.39 Å². The topological polar surface area (TPSA) is 38.9 Å². The molecule has 0 atom stereocenters. The molecule has 0 aliphatic heterocycles. The average molecular weight is 320 g/mol. The summed E-state index contributed by atoms with van der Waals surface area (Å²) in [6.07, 6.45) is 3.80. The lowest BCUT2D eigenvalue weighted by Crippen LogP contribution is -1.96. The molecule has 3 heteroatoms. The predicted octanol–water partition coefficient (Wildman–Crippen LogP) is 5.40. The van der Waals surface area contributed by atoms with E-state index >= 15 is 0 Å². The third-order valence-corrected chi connectivity index (χ3v) is 4.22. The number of rotatable bonds is 4. The minimum absolute atomic E-state index is 0.204. The molecule has 3 aromatic rings. The normalized spacial score (nSPS) is 10.8. The maximum Gasteiger partial charge on any atom is 0.126 e. The van der Waals surface area contributed by atoms with Crippen LogP contribution in [0.5, 0.6) is 0 Å². The van der Waals surface area contributed by atoms with Crippen LogP contribution in [-0.4, -0.2) is 4.98 Å². The first-order chi connectivity index (χ1) is 11.6. The SMILES string of the molecule is CCCc1ccc(-c2cccnc2-c2ccc(F)c(C)c2)cc1N. The highest BCUT2D eigenvalue weighted by molar-refractivity contribution is 5.82. The summed E-state index contributed by atoms with van der Waals surface area (Å²) in [7, 11) is 0. The molecule has 1 aromatic heterocycles. The molecule has 24 heavy (non-hydrogen) atoms. The van der Waals surface area contributed by atoms with E-state index in [0.717, 1.165) is 40.9 Å². The lowest BCUT2D eigenvalue weighted by atomic mass is 9.96. The highest BCUT2D eigenvalue weighted by Crippen LogP contribution is 2.32. The maximum atomic E-state index is 13.6. The molecule has 0 amide bonds.